The van der Waals surface area contributed by atoms with Gasteiger partial charge in [-0.15, -0.1) is 0 Å². The van der Waals surface area contributed by atoms with Gasteiger partial charge in [0.1, 0.15) is 0 Å². The van der Waals surface area contributed by atoms with E-state index in [9.17, 15) is 15.2 Å². The van der Waals surface area contributed by atoms with Gasteiger partial charge in [0.15, 0.2) is 0 Å². The van der Waals surface area contributed by atoms with Gasteiger partial charge < -0.3 is 5.11 Å². The van der Waals surface area contributed by atoms with E-state index in [2.05, 4.69) is 6.07 Å². The van der Waals surface area contributed by atoms with Gasteiger partial charge in [-0.3, -0.25) is 15.0 Å². The second-order valence-electron chi connectivity index (χ2n) is 4.75. The van der Waals surface area contributed by atoms with Gasteiger partial charge in [-0.25, -0.2) is 0 Å². The van der Waals surface area contributed by atoms with E-state index in [0.29, 0.717) is 25.2 Å². The van der Waals surface area contributed by atoms with Crippen molar-refractivity contribution in [1.82, 2.24) is 4.90 Å². The summed E-state index contributed by atoms with van der Waals surface area (Å²) in [6.45, 7) is 5.40. The number of nitrogens with zero attached hydrogens (tertiary/aromatic N) is 3. The fraction of sp³-hybridized carbons (Fsp3) is 0.500. The first-order chi connectivity index (χ1) is 9.47. The molecular formula is C14H19N3O3. The van der Waals surface area contributed by atoms with Gasteiger partial charge in [0.05, 0.1) is 23.0 Å². The van der Waals surface area contributed by atoms with Crippen molar-refractivity contribution < 1.29 is 10.0 Å². The minimum absolute atomic E-state index is 0.0324. The molecule has 0 aliphatic rings. The van der Waals surface area contributed by atoms with E-state index in [1.165, 1.54) is 12.1 Å². The first kappa shape index (κ1) is 16.1. The molecule has 0 saturated carbocycles. The number of nitro benzene ring substituents is 1. The van der Waals surface area contributed by atoms with Crippen LogP contribution in [0.2, 0.25) is 0 Å². The molecule has 0 fully saturated rings. The lowest BCUT2D eigenvalue weighted by atomic mass is 10.1. The average molecular weight is 277 g/mol. The van der Waals surface area contributed by atoms with Gasteiger partial charge in [-0.2, -0.15) is 5.26 Å². The Hall–Kier alpha value is -1.97. The minimum Gasteiger partial charge on any atom is -0.387 e. The quantitative estimate of drug-likeness (QED) is 0.609. The standard InChI is InChI=1S/C14H19N3O3/c1-3-16(9-11(2)8-15)10-14(18)12-5-4-6-13(7-12)17(19)20/h4-7,11,14,18H,3,9-10H2,1-2H3. The molecule has 6 heteroatoms. The fourth-order valence-corrected chi connectivity index (χ4v) is 1.96. The number of non-ortho nitro benzene ring substituents is 1. The van der Waals surface area contributed by atoms with Gasteiger partial charge in [0, 0.05) is 25.2 Å². The second-order valence-corrected chi connectivity index (χ2v) is 4.75. The highest BCUT2D eigenvalue weighted by molar-refractivity contribution is 5.35. The van der Waals surface area contributed by atoms with Crippen LogP contribution in [-0.2, 0) is 0 Å². The lowest BCUT2D eigenvalue weighted by Crippen LogP contribution is -2.32. The molecule has 0 aliphatic carbocycles. The highest BCUT2D eigenvalue weighted by Gasteiger charge is 2.16. The Morgan fingerprint density at radius 1 is 1.50 bits per heavy atom. The zero-order valence-corrected chi connectivity index (χ0v) is 11.7. The third-order valence-corrected chi connectivity index (χ3v) is 3.10. The van der Waals surface area contributed by atoms with Crippen LogP contribution in [0.25, 0.3) is 0 Å². The van der Waals surface area contributed by atoms with E-state index in [0.717, 1.165) is 0 Å². The van der Waals surface area contributed by atoms with Crippen LogP contribution in [0.4, 0.5) is 5.69 Å². The molecule has 0 spiro atoms. The van der Waals surface area contributed by atoms with Gasteiger partial charge in [-0.1, -0.05) is 19.1 Å². The summed E-state index contributed by atoms with van der Waals surface area (Å²) >= 11 is 0. The Morgan fingerprint density at radius 2 is 2.20 bits per heavy atom. The number of nitro groups is 1. The Bertz CT molecular complexity index is 499. The van der Waals surface area contributed by atoms with E-state index >= 15 is 0 Å². The molecule has 1 rings (SSSR count). The van der Waals surface area contributed by atoms with E-state index < -0.39 is 11.0 Å². The minimum atomic E-state index is -0.805. The van der Waals surface area contributed by atoms with Crippen molar-refractivity contribution in [2.24, 2.45) is 5.92 Å². The summed E-state index contributed by atoms with van der Waals surface area (Å²) in [5, 5.41) is 29.7. The molecule has 0 bridgehead atoms. The smallest absolute Gasteiger partial charge is 0.269 e. The van der Waals surface area contributed by atoms with Gasteiger partial charge in [0.25, 0.3) is 5.69 Å². The Kier molecular flexibility index (Phi) is 6.10. The SMILES string of the molecule is CCN(CC(C)C#N)CC(O)c1cccc([N+](=O)[O-])c1. The first-order valence-corrected chi connectivity index (χ1v) is 6.52. The van der Waals surface area contributed by atoms with E-state index in [1.807, 2.05) is 18.7 Å². The van der Waals surface area contributed by atoms with Crippen LogP contribution in [0.1, 0.15) is 25.5 Å². The molecule has 0 saturated heterocycles. The summed E-state index contributed by atoms with van der Waals surface area (Å²) in [6, 6.07) is 8.16. The lowest BCUT2D eigenvalue weighted by molar-refractivity contribution is -0.385. The summed E-state index contributed by atoms with van der Waals surface area (Å²) in [5.74, 6) is -0.118. The van der Waals surface area contributed by atoms with E-state index in [4.69, 9.17) is 5.26 Å². The monoisotopic (exact) mass is 277 g/mol. The van der Waals surface area contributed by atoms with Crippen LogP contribution < -0.4 is 0 Å². The summed E-state index contributed by atoms with van der Waals surface area (Å²) in [6.07, 6.45) is -0.805. The average Bonchev–Trinajstić information content (AvgIpc) is 2.46. The molecule has 0 heterocycles. The highest BCUT2D eigenvalue weighted by atomic mass is 16.6. The largest absolute Gasteiger partial charge is 0.387 e. The van der Waals surface area contributed by atoms with Crippen molar-refractivity contribution in [2.75, 3.05) is 19.6 Å². The molecule has 6 nitrogen and oxygen atoms in total. The number of hydrogen-bond donors (Lipinski definition) is 1. The predicted molar refractivity (Wildman–Crippen MR) is 74.9 cm³/mol. The fourth-order valence-electron chi connectivity index (χ4n) is 1.96. The van der Waals surface area contributed by atoms with Gasteiger partial charge in [0.2, 0.25) is 0 Å². The Morgan fingerprint density at radius 3 is 2.75 bits per heavy atom. The molecule has 0 aliphatic heterocycles. The van der Waals surface area contributed by atoms with Crippen LogP contribution in [-0.4, -0.2) is 34.6 Å². The van der Waals surface area contributed by atoms with Crippen molar-refractivity contribution >= 4 is 5.69 Å². The van der Waals surface area contributed by atoms with Crippen molar-refractivity contribution in [3.63, 3.8) is 0 Å². The van der Waals surface area contributed by atoms with E-state index in [1.54, 1.807) is 12.1 Å². The maximum absolute atomic E-state index is 10.7. The summed E-state index contributed by atoms with van der Waals surface area (Å²) in [7, 11) is 0. The number of aliphatic hydroxyl groups excluding tert-OH is 1. The Labute approximate surface area is 118 Å². The van der Waals surface area contributed by atoms with Crippen molar-refractivity contribution in [1.29, 1.82) is 5.26 Å². The molecule has 2 unspecified atom stereocenters. The molecule has 0 amide bonds. The maximum atomic E-state index is 10.7. The molecule has 20 heavy (non-hydrogen) atoms. The normalized spacial score (nSPS) is 13.8. The molecule has 1 N–H and O–H groups in total. The molecule has 108 valence electrons. The van der Waals surface area contributed by atoms with Crippen molar-refractivity contribution in [3.05, 3.63) is 39.9 Å². The van der Waals surface area contributed by atoms with Gasteiger partial charge >= 0.3 is 0 Å². The molecule has 1 aromatic rings. The van der Waals surface area contributed by atoms with Crippen LogP contribution in [0.3, 0.4) is 0 Å². The molecular weight excluding hydrogens is 258 g/mol. The maximum Gasteiger partial charge on any atom is 0.269 e. The zero-order chi connectivity index (χ0) is 15.1. The number of aliphatic hydroxyl groups is 1. The highest BCUT2D eigenvalue weighted by Crippen LogP contribution is 2.20. The molecule has 1 aromatic carbocycles. The van der Waals surface area contributed by atoms with Crippen molar-refractivity contribution in [2.45, 2.75) is 20.0 Å². The second kappa shape index (κ2) is 7.58. The first-order valence-electron chi connectivity index (χ1n) is 6.52. The molecule has 0 radical (unpaired) electrons. The third-order valence-electron chi connectivity index (χ3n) is 3.10. The van der Waals surface area contributed by atoms with Crippen LogP contribution in [0.15, 0.2) is 24.3 Å². The Balaban J connectivity index is 2.74. The van der Waals surface area contributed by atoms with E-state index in [-0.39, 0.29) is 11.6 Å². The number of hydrogen-bond acceptors (Lipinski definition) is 5. The topological polar surface area (TPSA) is 90.4 Å². The lowest BCUT2D eigenvalue weighted by Gasteiger charge is -2.24. The number of benzene rings is 1. The van der Waals surface area contributed by atoms with Crippen LogP contribution >= 0.6 is 0 Å². The molecule has 0 aromatic heterocycles. The third kappa shape index (κ3) is 4.61. The van der Waals surface area contributed by atoms with Crippen LogP contribution in [0.5, 0.6) is 0 Å². The number of rotatable bonds is 7. The summed E-state index contributed by atoms with van der Waals surface area (Å²) < 4.78 is 0. The zero-order valence-electron chi connectivity index (χ0n) is 11.7. The summed E-state index contributed by atoms with van der Waals surface area (Å²) in [5.41, 5.74) is 0.484. The predicted octanol–water partition coefficient (Wildman–Crippen LogP) is 2.11. The van der Waals surface area contributed by atoms with Crippen molar-refractivity contribution in [3.8, 4) is 6.07 Å². The van der Waals surface area contributed by atoms with Gasteiger partial charge in [-0.05, 0) is 19.0 Å². The summed E-state index contributed by atoms with van der Waals surface area (Å²) in [4.78, 5) is 12.2. The number of likely N-dealkylation sites (N-methyl/N-ethyl adjacent to an activating group) is 1. The molecule has 2 atom stereocenters. The number of nitriles is 1. The van der Waals surface area contributed by atoms with Crippen LogP contribution in [0, 0.1) is 27.4 Å².